The maximum absolute atomic E-state index is 12.0. The van der Waals surface area contributed by atoms with Crippen molar-refractivity contribution in [1.82, 2.24) is 5.32 Å². The van der Waals surface area contributed by atoms with Gasteiger partial charge >= 0.3 is 0 Å². The topological polar surface area (TPSA) is 56.8 Å². The summed E-state index contributed by atoms with van der Waals surface area (Å²) >= 11 is 0. The standard InChI is InChI=1S/C18H19NO4/c1-21-15-4-2-3-14(9-15)11-18(20)19-8-7-13-5-6-16-17(10-13)23-12-22-16/h2-6,9-10H,7-8,11-12H2,1H3,(H,19,20). The van der Waals surface area contributed by atoms with Crippen LogP contribution in [-0.4, -0.2) is 26.4 Å². The van der Waals surface area contributed by atoms with Crippen molar-refractivity contribution in [1.29, 1.82) is 0 Å². The Bertz CT molecular complexity index is 699. The number of rotatable bonds is 6. The molecule has 1 aliphatic heterocycles. The lowest BCUT2D eigenvalue weighted by Crippen LogP contribution is -2.27. The molecule has 120 valence electrons. The number of benzene rings is 2. The minimum absolute atomic E-state index is 0.000929. The lowest BCUT2D eigenvalue weighted by Gasteiger charge is -2.07. The van der Waals surface area contributed by atoms with Gasteiger partial charge in [0.25, 0.3) is 0 Å². The van der Waals surface area contributed by atoms with E-state index in [9.17, 15) is 4.79 Å². The van der Waals surface area contributed by atoms with Crippen LogP contribution in [0.3, 0.4) is 0 Å². The summed E-state index contributed by atoms with van der Waals surface area (Å²) in [5, 5.41) is 2.93. The van der Waals surface area contributed by atoms with Gasteiger partial charge in [-0.15, -0.1) is 0 Å². The van der Waals surface area contributed by atoms with Gasteiger partial charge in [0.15, 0.2) is 11.5 Å². The zero-order valence-corrected chi connectivity index (χ0v) is 13.0. The monoisotopic (exact) mass is 313 g/mol. The zero-order chi connectivity index (χ0) is 16.1. The van der Waals surface area contributed by atoms with Crippen molar-refractivity contribution in [2.75, 3.05) is 20.4 Å². The third kappa shape index (κ3) is 3.94. The molecule has 3 rings (SSSR count). The van der Waals surface area contributed by atoms with Gasteiger partial charge in [-0.05, 0) is 41.8 Å². The molecule has 0 saturated heterocycles. The molecule has 0 bridgehead atoms. The minimum atomic E-state index is -0.000929. The quantitative estimate of drug-likeness (QED) is 0.889. The average Bonchev–Trinajstić information content (AvgIpc) is 3.02. The molecule has 0 saturated carbocycles. The van der Waals surface area contributed by atoms with Crippen molar-refractivity contribution in [3.63, 3.8) is 0 Å². The van der Waals surface area contributed by atoms with Crippen molar-refractivity contribution in [3.05, 3.63) is 53.6 Å². The van der Waals surface area contributed by atoms with Gasteiger partial charge in [0.1, 0.15) is 5.75 Å². The number of carbonyl (C=O) groups is 1. The second-order valence-corrected chi connectivity index (χ2v) is 5.32. The Balaban J connectivity index is 1.47. The Morgan fingerprint density at radius 1 is 1.13 bits per heavy atom. The van der Waals surface area contributed by atoms with Crippen molar-refractivity contribution in [2.45, 2.75) is 12.8 Å². The normalized spacial score (nSPS) is 12.0. The lowest BCUT2D eigenvalue weighted by molar-refractivity contribution is -0.120. The van der Waals surface area contributed by atoms with Crippen molar-refractivity contribution < 1.29 is 19.0 Å². The largest absolute Gasteiger partial charge is 0.497 e. The van der Waals surface area contributed by atoms with Crippen LogP contribution in [0.4, 0.5) is 0 Å². The van der Waals surface area contributed by atoms with E-state index < -0.39 is 0 Å². The number of hydrogen-bond donors (Lipinski definition) is 1. The number of nitrogens with one attached hydrogen (secondary N) is 1. The van der Waals surface area contributed by atoms with E-state index in [1.165, 1.54) is 0 Å². The zero-order valence-electron chi connectivity index (χ0n) is 13.0. The van der Waals surface area contributed by atoms with Crippen LogP contribution in [0.25, 0.3) is 0 Å². The molecule has 0 atom stereocenters. The molecule has 1 aliphatic rings. The van der Waals surface area contributed by atoms with E-state index in [-0.39, 0.29) is 12.7 Å². The Morgan fingerprint density at radius 2 is 2.00 bits per heavy atom. The van der Waals surface area contributed by atoms with Gasteiger partial charge in [-0.3, -0.25) is 4.79 Å². The highest BCUT2D eigenvalue weighted by molar-refractivity contribution is 5.78. The molecule has 1 amide bonds. The summed E-state index contributed by atoms with van der Waals surface area (Å²) in [6.07, 6.45) is 1.10. The molecule has 2 aromatic carbocycles. The van der Waals surface area contributed by atoms with Crippen LogP contribution in [0, 0.1) is 0 Å². The molecule has 0 radical (unpaired) electrons. The summed E-state index contributed by atoms with van der Waals surface area (Å²) in [4.78, 5) is 12.0. The molecule has 0 aliphatic carbocycles. The van der Waals surface area contributed by atoms with Crippen LogP contribution in [0.1, 0.15) is 11.1 Å². The highest BCUT2D eigenvalue weighted by atomic mass is 16.7. The summed E-state index contributed by atoms with van der Waals surface area (Å²) in [5.41, 5.74) is 2.04. The fourth-order valence-corrected chi connectivity index (χ4v) is 2.47. The molecule has 0 unspecified atom stereocenters. The van der Waals surface area contributed by atoms with Crippen LogP contribution in [0.5, 0.6) is 17.2 Å². The van der Waals surface area contributed by atoms with E-state index in [0.717, 1.165) is 34.8 Å². The molecule has 1 N–H and O–H groups in total. The van der Waals surface area contributed by atoms with Crippen LogP contribution < -0.4 is 19.5 Å². The molecule has 2 aromatic rings. The van der Waals surface area contributed by atoms with Gasteiger partial charge < -0.3 is 19.5 Å². The molecule has 1 heterocycles. The fraction of sp³-hybridized carbons (Fsp3) is 0.278. The first-order valence-corrected chi connectivity index (χ1v) is 7.53. The third-order valence-corrected chi connectivity index (χ3v) is 3.67. The van der Waals surface area contributed by atoms with Gasteiger partial charge in [-0.1, -0.05) is 18.2 Å². The Labute approximate surface area is 135 Å². The van der Waals surface area contributed by atoms with E-state index in [1.807, 2.05) is 42.5 Å². The molecule has 5 heteroatoms. The van der Waals surface area contributed by atoms with Crippen LogP contribution >= 0.6 is 0 Å². The maximum atomic E-state index is 12.0. The van der Waals surface area contributed by atoms with E-state index in [1.54, 1.807) is 7.11 Å². The van der Waals surface area contributed by atoms with E-state index >= 15 is 0 Å². The van der Waals surface area contributed by atoms with Crippen LogP contribution in [0.15, 0.2) is 42.5 Å². The smallest absolute Gasteiger partial charge is 0.231 e. The minimum Gasteiger partial charge on any atom is -0.497 e. The fourth-order valence-electron chi connectivity index (χ4n) is 2.47. The molecule has 0 fully saturated rings. The number of amides is 1. The first-order valence-electron chi connectivity index (χ1n) is 7.53. The van der Waals surface area contributed by atoms with Crippen molar-refractivity contribution in [3.8, 4) is 17.2 Å². The highest BCUT2D eigenvalue weighted by Crippen LogP contribution is 2.32. The summed E-state index contributed by atoms with van der Waals surface area (Å²) in [6.45, 7) is 0.860. The Hall–Kier alpha value is -2.69. The van der Waals surface area contributed by atoms with Gasteiger partial charge in [0.2, 0.25) is 12.7 Å². The number of ether oxygens (including phenoxy) is 3. The first-order chi connectivity index (χ1) is 11.2. The van der Waals surface area contributed by atoms with Crippen molar-refractivity contribution >= 4 is 5.91 Å². The summed E-state index contributed by atoms with van der Waals surface area (Å²) in [7, 11) is 1.62. The maximum Gasteiger partial charge on any atom is 0.231 e. The van der Waals surface area contributed by atoms with Gasteiger partial charge in [-0.2, -0.15) is 0 Å². The molecule has 23 heavy (non-hydrogen) atoms. The summed E-state index contributed by atoms with van der Waals surface area (Å²) in [5.74, 6) is 2.30. The molecular formula is C18H19NO4. The average molecular weight is 313 g/mol. The second kappa shape index (κ2) is 7.05. The predicted octanol–water partition coefficient (Wildman–Crippen LogP) is 2.33. The summed E-state index contributed by atoms with van der Waals surface area (Å²) in [6, 6.07) is 13.4. The van der Waals surface area contributed by atoms with Crippen LogP contribution in [-0.2, 0) is 17.6 Å². The molecule has 5 nitrogen and oxygen atoms in total. The Morgan fingerprint density at radius 3 is 2.87 bits per heavy atom. The van der Waals surface area contributed by atoms with Gasteiger partial charge in [0, 0.05) is 6.54 Å². The molecule has 0 aromatic heterocycles. The number of methoxy groups -OCH3 is 1. The number of carbonyl (C=O) groups excluding carboxylic acids is 1. The van der Waals surface area contributed by atoms with Gasteiger partial charge in [0.05, 0.1) is 13.5 Å². The van der Waals surface area contributed by atoms with E-state index in [4.69, 9.17) is 14.2 Å². The summed E-state index contributed by atoms with van der Waals surface area (Å²) < 4.78 is 15.8. The number of fused-ring (bicyclic) bond motifs is 1. The first kappa shape index (κ1) is 15.2. The number of hydrogen-bond acceptors (Lipinski definition) is 4. The van der Waals surface area contributed by atoms with E-state index in [0.29, 0.717) is 13.0 Å². The SMILES string of the molecule is COc1cccc(CC(=O)NCCc2ccc3c(c2)OCO3)c1. The Kier molecular flexibility index (Phi) is 4.66. The highest BCUT2D eigenvalue weighted by Gasteiger charge is 2.13. The third-order valence-electron chi connectivity index (χ3n) is 3.67. The lowest BCUT2D eigenvalue weighted by atomic mass is 10.1. The molecular weight excluding hydrogens is 294 g/mol. The van der Waals surface area contributed by atoms with Crippen molar-refractivity contribution in [2.24, 2.45) is 0 Å². The second-order valence-electron chi connectivity index (χ2n) is 5.32. The van der Waals surface area contributed by atoms with E-state index in [2.05, 4.69) is 5.32 Å². The van der Waals surface area contributed by atoms with Crippen LogP contribution in [0.2, 0.25) is 0 Å². The van der Waals surface area contributed by atoms with Gasteiger partial charge in [-0.25, -0.2) is 0 Å². The predicted molar refractivity (Wildman–Crippen MR) is 86.0 cm³/mol. The molecule has 0 spiro atoms.